The van der Waals surface area contributed by atoms with Gasteiger partial charge >= 0.3 is 12.4 Å². The van der Waals surface area contributed by atoms with E-state index < -0.39 is 44.4 Å². The predicted molar refractivity (Wildman–Crippen MR) is 86.8 cm³/mol. The molecule has 3 nitrogen and oxygen atoms in total. The number of hydrogen-bond donors (Lipinski definition) is 0. The van der Waals surface area contributed by atoms with Gasteiger partial charge in [0.1, 0.15) is 0 Å². The lowest BCUT2D eigenvalue weighted by atomic mass is 10.0. The molecule has 1 aliphatic heterocycles. The van der Waals surface area contributed by atoms with Crippen molar-refractivity contribution in [2.24, 2.45) is 0 Å². The fourth-order valence-electron chi connectivity index (χ4n) is 3.03. The Labute approximate surface area is 155 Å². The van der Waals surface area contributed by atoms with Crippen LogP contribution in [0.5, 0.6) is 0 Å². The number of sulfonamides is 1. The van der Waals surface area contributed by atoms with E-state index in [0.29, 0.717) is 12.0 Å². The Hall–Kier alpha value is -1.59. The van der Waals surface area contributed by atoms with E-state index in [4.69, 9.17) is 0 Å². The van der Waals surface area contributed by atoms with Crippen LogP contribution in [0.3, 0.4) is 0 Å². The van der Waals surface area contributed by atoms with Gasteiger partial charge in [0.2, 0.25) is 10.0 Å². The van der Waals surface area contributed by atoms with Crippen LogP contribution < -0.4 is 0 Å². The van der Waals surface area contributed by atoms with Crippen LogP contribution in [0.25, 0.3) is 0 Å². The summed E-state index contributed by atoms with van der Waals surface area (Å²) < 4.78 is 105. The van der Waals surface area contributed by atoms with E-state index in [1.165, 1.54) is 11.3 Å². The first-order chi connectivity index (χ1) is 12.3. The molecule has 0 aliphatic carbocycles. The molecule has 0 bridgehead atoms. The van der Waals surface area contributed by atoms with E-state index in [2.05, 4.69) is 0 Å². The molecule has 1 aromatic carbocycles. The maximum atomic E-state index is 13.0. The van der Waals surface area contributed by atoms with Crippen LogP contribution in [0.2, 0.25) is 0 Å². The molecule has 0 spiro atoms. The lowest BCUT2D eigenvalue weighted by molar-refractivity contribution is -0.143. The zero-order valence-corrected chi connectivity index (χ0v) is 15.4. The summed E-state index contributed by atoms with van der Waals surface area (Å²) in [6.07, 6.45) is -9.87. The quantitative estimate of drug-likeness (QED) is 0.624. The van der Waals surface area contributed by atoms with Crippen molar-refractivity contribution in [3.05, 3.63) is 51.2 Å². The third-order valence-corrected chi connectivity index (χ3v) is 7.33. The Morgan fingerprint density at radius 2 is 1.59 bits per heavy atom. The summed E-state index contributed by atoms with van der Waals surface area (Å²) in [5, 5.41) is 1.77. The van der Waals surface area contributed by atoms with Crippen LogP contribution in [0, 0.1) is 0 Å². The second-order valence-electron chi connectivity index (χ2n) is 6.08. The summed E-state index contributed by atoms with van der Waals surface area (Å²) in [6.45, 7) is 1.54. The van der Waals surface area contributed by atoms with E-state index in [1.807, 2.05) is 0 Å². The van der Waals surface area contributed by atoms with Crippen molar-refractivity contribution < 1.29 is 34.8 Å². The first-order valence-electron chi connectivity index (χ1n) is 7.69. The molecule has 11 heteroatoms. The van der Waals surface area contributed by atoms with E-state index in [9.17, 15) is 34.8 Å². The highest BCUT2D eigenvalue weighted by atomic mass is 32.2. The van der Waals surface area contributed by atoms with Crippen molar-refractivity contribution >= 4 is 21.4 Å². The molecule has 1 aliphatic rings. The molecule has 1 atom stereocenters. The molecule has 3 rings (SSSR count). The summed E-state index contributed by atoms with van der Waals surface area (Å²) in [5.74, 6) is 0. The SMILES string of the molecule is C[C@H]1c2ccsc2CCN1S(=O)(=O)c1cc(C(F)(F)F)cc(C(F)(F)F)c1. The van der Waals surface area contributed by atoms with Gasteiger partial charge in [-0.1, -0.05) is 0 Å². The fourth-order valence-corrected chi connectivity index (χ4v) is 5.67. The summed E-state index contributed by atoms with van der Waals surface area (Å²) >= 11 is 1.43. The smallest absolute Gasteiger partial charge is 0.207 e. The number of rotatable bonds is 2. The number of halogens is 6. The van der Waals surface area contributed by atoms with Crippen molar-refractivity contribution in [2.75, 3.05) is 6.54 Å². The van der Waals surface area contributed by atoms with Gasteiger partial charge in [-0.15, -0.1) is 11.3 Å². The monoisotopic (exact) mass is 429 g/mol. The fraction of sp³-hybridized carbons (Fsp3) is 0.375. The molecule has 0 N–H and O–H groups in total. The van der Waals surface area contributed by atoms with Gasteiger partial charge in [-0.3, -0.25) is 0 Å². The van der Waals surface area contributed by atoms with Gasteiger partial charge in [0.15, 0.2) is 0 Å². The van der Waals surface area contributed by atoms with Crippen LogP contribution in [-0.2, 0) is 28.8 Å². The molecule has 0 saturated carbocycles. The van der Waals surface area contributed by atoms with Gasteiger partial charge in [0, 0.05) is 17.5 Å². The van der Waals surface area contributed by atoms with E-state index in [-0.39, 0.29) is 24.7 Å². The van der Waals surface area contributed by atoms with Gasteiger partial charge in [0.25, 0.3) is 0 Å². The summed E-state index contributed by atoms with van der Waals surface area (Å²) in [4.78, 5) is -0.0656. The topological polar surface area (TPSA) is 37.4 Å². The van der Waals surface area contributed by atoms with Crippen molar-refractivity contribution in [1.29, 1.82) is 0 Å². The van der Waals surface area contributed by atoms with Crippen molar-refractivity contribution in [2.45, 2.75) is 36.6 Å². The number of alkyl halides is 6. The Balaban J connectivity index is 2.12. The zero-order valence-electron chi connectivity index (χ0n) is 13.7. The molecule has 0 amide bonds. The normalized spacial score (nSPS) is 19.1. The van der Waals surface area contributed by atoms with E-state index in [0.717, 1.165) is 9.18 Å². The van der Waals surface area contributed by atoms with Crippen LogP contribution in [-0.4, -0.2) is 19.3 Å². The molecule has 0 saturated heterocycles. The summed E-state index contributed by atoms with van der Waals surface area (Å²) in [5.41, 5.74) is -2.61. The van der Waals surface area contributed by atoms with Crippen molar-refractivity contribution in [3.63, 3.8) is 0 Å². The van der Waals surface area contributed by atoms with Crippen molar-refractivity contribution in [3.8, 4) is 0 Å². The maximum absolute atomic E-state index is 13.0. The van der Waals surface area contributed by atoms with Crippen LogP contribution >= 0.6 is 11.3 Å². The number of thiophene rings is 1. The van der Waals surface area contributed by atoms with Crippen LogP contribution in [0.4, 0.5) is 26.3 Å². The predicted octanol–water partition coefficient (Wildman–Crippen LogP) is 5.09. The van der Waals surface area contributed by atoms with E-state index >= 15 is 0 Å². The summed E-state index contributed by atoms with van der Waals surface area (Å²) in [7, 11) is -4.56. The molecule has 148 valence electrons. The Morgan fingerprint density at radius 3 is 2.11 bits per heavy atom. The highest BCUT2D eigenvalue weighted by Crippen LogP contribution is 2.40. The molecule has 1 aromatic heterocycles. The zero-order chi connectivity index (χ0) is 20.2. The first kappa shape index (κ1) is 20.2. The average molecular weight is 429 g/mol. The molecule has 0 unspecified atom stereocenters. The Morgan fingerprint density at radius 1 is 1.04 bits per heavy atom. The van der Waals surface area contributed by atoms with Crippen LogP contribution in [0.1, 0.15) is 34.5 Å². The molecular weight excluding hydrogens is 416 g/mol. The average Bonchev–Trinajstić information content (AvgIpc) is 3.02. The highest BCUT2D eigenvalue weighted by Gasteiger charge is 2.40. The highest BCUT2D eigenvalue weighted by molar-refractivity contribution is 7.89. The third kappa shape index (κ3) is 3.72. The molecule has 27 heavy (non-hydrogen) atoms. The molecule has 0 fully saturated rings. The lowest BCUT2D eigenvalue weighted by Gasteiger charge is -2.32. The minimum atomic E-state index is -5.11. The lowest BCUT2D eigenvalue weighted by Crippen LogP contribution is -2.38. The van der Waals surface area contributed by atoms with Gasteiger partial charge in [-0.25, -0.2) is 8.42 Å². The number of nitrogens with zero attached hydrogens (tertiary/aromatic N) is 1. The molecule has 2 heterocycles. The van der Waals surface area contributed by atoms with E-state index in [1.54, 1.807) is 18.4 Å². The largest absolute Gasteiger partial charge is 0.416 e. The van der Waals surface area contributed by atoms with Gasteiger partial charge in [0.05, 0.1) is 16.0 Å². The van der Waals surface area contributed by atoms with Gasteiger partial charge in [-0.2, -0.15) is 30.6 Å². The molecule has 0 radical (unpaired) electrons. The first-order valence-corrected chi connectivity index (χ1v) is 10.0. The van der Waals surface area contributed by atoms with Gasteiger partial charge < -0.3 is 0 Å². The Bertz CT molecular complexity index is 930. The second-order valence-corrected chi connectivity index (χ2v) is 8.97. The standard InChI is InChI=1S/C16H13F6NO2S2/c1-9-13-3-5-26-14(13)2-4-23(9)27(24,25)12-7-10(15(17,18)19)6-11(8-12)16(20,21)22/h3,5-9H,2,4H2,1H3/t9-/m0/s1. The second kappa shape index (κ2) is 6.49. The van der Waals surface area contributed by atoms with Crippen LogP contribution in [0.15, 0.2) is 34.5 Å². The number of fused-ring (bicyclic) bond motifs is 1. The van der Waals surface area contributed by atoms with Crippen molar-refractivity contribution in [1.82, 2.24) is 4.31 Å². The number of hydrogen-bond acceptors (Lipinski definition) is 3. The number of benzene rings is 1. The third-order valence-electron chi connectivity index (χ3n) is 4.39. The minimum Gasteiger partial charge on any atom is -0.207 e. The van der Waals surface area contributed by atoms with Gasteiger partial charge in [-0.05, 0) is 48.6 Å². The Kier molecular flexibility index (Phi) is 4.84. The maximum Gasteiger partial charge on any atom is 0.416 e. The molecular formula is C16H13F6NO2S2. The minimum absolute atomic E-state index is 0.0192. The molecule has 2 aromatic rings. The summed E-state index contributed by atoms with van der Waals surface area (Å²) in [6, 6.07) is 1.43.